The van der Waals surface area contributed by atoms with Crippen molar-refractivity contribution in [1.29, 1.82) is 0 Å². The lowest BCUT2D eigenvalue weighted by atomic mass is 9.97. The molecule has 3 heterocycles. The monoisotopic (exact) mass is 451 g/mol. The number of carbonyl (C=O) groups is 1. The number of aromatic carboxylic acids is 1. The molecule has 33 heavy (non-hydrogen) atoms. The van der Waals surface area contributed by atoms with Crippen molar-refractivity contribution in [2.45, 2.75) is 38.3 Å². The number of hydrogen-bond donors (Lipinski definition) is 2. The average molecular weight is 452 g/mol. The molecule has 5 rings (SSSR count). The van der Waals surface area contributed by atoms with E-state index >= 15 is 0 Å². The fourth-order valence-corrected chi connectivity index (χ4v) is 5.34. The number of rotatable bonds is 6. The van der Waals surface area contributed by atoms with E-state index in [1.807, 2.05) is 31.7 Å². The number of carboxylic acid groups (broad SMARTS) is 1. The lowest BCUT2D eigenvalue weighted by molar-refractivity contribution is 0.0695. The van der Waals surface area contributed by atoms with Gasteiger partial charge in [0.2, 0.25) is 11.3 Å². The highest BCUT2D eigenvalue weighted by Gasteiger charge is 2.36. The van der Waals surface area contributed by atoms with E-state index < -0.39 is 11.4 Å². The molecule has 1 saturated carbocycles. The van der Waals surface area contributed by atoms with Crippen LogP contribution in [0.1, 0.15) is 53.2 Å². The van der Waals surface area contributed by atoms with Gasteiger partial charge >= 0.3 is 5.97 Å². The van der Waals surface area contributed by atoms with E-state index in [-0.39, 0.29) is 17.6 Å². The van der Waals surface area contributed by atoms with Gasteiger partial charge in [0.25, 0.3) is 0 Å². The molecule has 9 nitrogen and oxygen atoms in total. The van der Waals surface area contributed by atoms with Crippen molar-refractivity contribution in [2.75, 3.05) is 37.8 Å². The summed E-state index contributed by atoms with van der Waals surface area (Å²) in [5.41, 5.74) is 8.69. The summed E-state index contributed by atoms with van der Waals surface area (Å²) < 4.78 is 7.58. The average Bonchev–Trinajstić information content (AvgIpc) is 3.26. The molecule has 0 amide bonds. The van der Waals surface area contributed by atoms with E-state index in [9.17, 15) is 14.7 Å². The van der Waals surface area contributed by atoms with Gasteiger partial charge in [0, 0.05) is 42.6 Å². The summed E-state index contributed by atoms with van der Waals surface area (Å²) >= 11 is 0. The van der Waals surface area contributed by atoms with Gasteiger partial charge in [-0.1, -0.05) is 0 Å². The molecular formula is C24H29N5O4. The molecule has 1 saturated heterocycles. The second kappa shape index (κ2) is 7.91. The fourth-order valence-electron chi connectivity index (χ4n) is 5.34. The van der Waals surface area contributed by atoms with Crippen LogP contribution in [0.5, 0.6) is 0 Å². The molecule has 2 unspecified atom stereocenters. The maximum Gasteiger partial charge on any atom is 0.341 e. The predicted octanol–water partition coefficient (Wildman–Crippen LogP) is 3.04. The minimum atomic E-state index is -1.22. The second-order valence-electron chi connectivity index (χ2n) is 9.42. The van der Waals surface area contributed by atoms with Crippen molar-refractivity contribution in [2.24, 2.45) is 5.92 Å². The van der Waals surface area contributed by atoms with Crippen LogP contribution in [0, 0.1) is 12.8 Å². The Morgan fingerprint density at radius 2 is 2.09 bits per heavy atom. The summed E-state index contributed by atoms with van der Waals surface area (Å²) in [5, 5.41) is 9.87. The first kappa shape index (κ1) is 21.5. The number of oxazole rings is 1. The highest BCUT2D eigenvalue weighted by molar-refractivity contribution is 6.01. The molecule has 2 fully saturated rings. The highest BCUT2D eigenvalue weighted by Crippen LogP contribution is 2.42. The first-order valence-corrected chi connectivity index (χ1v) is 11.3. The normalized spacial score (nSPS) is 19.5. The fraction of sp³-hybridized carbons (Fsp3) is 0.458. The lowest BCUT2D eigenvalue weighted by Gasteiger charge is -2.28. The number of benzene rings is 1. The van der Waals surface area contributed by atoms with E-state index in [0.717, 1.165) is 49.1 Å². The number of fused-ring (bicyclic) bond motifs is 1. The maximum absolute atomic E-state index is 13.0. The zero-order chi connectivity index (χ0) is 23.4. The van der Waals surface area contributed by atoms with Crippen LogP contribution in [0.4, 0.5) is 11.4 Å². The summed E-state index contributed by atoms with van der Waals surface area (Å²) in [6.45, 7) is 3.65. The molecule has 0 bridgehead atoms. The molecular weight excluding hydrogens is 422 g/mol. The number of anilines is 2. The number of aryl methyl sites for hydroxylation is 1. The quantitative estimate of drug-likeness (QED) is 0.549. The van der Waals surface area contributed by atoms with Gasteiger partial charge in [-0.3, -0.25) is 9.69 Å². The Labute approximate surface area is 191 Å². The molecule has 0 spiro atoms. The van der Waals surface area contributed by atoms with Crippen LogP contribution in [0.2, 0.25) is 0 Å². The van der Waals surface area contributed by atoms with Gasteiger partial charge in [-0.25, -0.2) is 9.78 Å². The third kappa shape index (κ3) is 3.56. The van der Waals surface area contributed by atoms with Gasteiger partial charge in [0.15, 0.2) is 0 Å². The van der Waals surface area contributed by atoms with Gasteiger partial charge in [-0.2, -0.15) is 0 Å². The molecule has 1 aliphatic carbocycles. The van der Waals surface area contributed by atoms with E-state index in [2.05, 4.69) is 14.8 Å². The molecule has 0 radical (unpaired) electrons. The molecule has 3 aromatic rings. The standard InChI is InChI=1S/C24H29N5O4/c1-13-18(28-8-6-14(11-28)21(27(2)3)23-26-7-9-33-23)10-17(25)19-20(13)29(15-4-5-15)12-16(22(19)30)24(31)32/h7,9-10,12,14-15,21H,4-6,8,11,25H2,1-3H3,(H,31,32). The van der Waals surface area contributed by atoms with Crippen LogP contribution in [0.15, 0.2) is 33.9 Å². The Kier molecular flexibility index (Phi) is 5.16. The minimum absolute atomic E-state index is 0.0610. The molecule has 9 heteroatoms. The van der Waals surface area contributed by atoms with Crippen LogP contribution in [0.3, 0.4) is 0 Å². The van der Waals surface area contributed by atoms with Gasteiger partial charge in [-0.05, 0) is 51.9 Å². The molecule has 3 N–H and O–H groups in total. The first-order valence-electron chi connectivity index (χ1n) is 11.3. The van der Waals surface area contributed by atoms with Gasteiger partial charge in [0.05, 0.1) is 23.1 Å². The van der Waals surface area contributed by atoms with Crippen molar-refractivity contribution >= 4 is 28.2 Å². The number of aromatic nitrogens is 2. The minimum Gasteiger partial charge on any atom is -0.477 e. The summed E-state index contributed by atoms with van der Waals surface area (Å²) in [4.78, 5) is 33.6. The SMILES string of the molecule is Cc1c(N2CCC(C(c3ncco3)N(C)C)C2)cc(N)c2c(=O)c(C(=O)O)cn(C3CC3)c12. The third-order valence-electron chi connectivity index (χ3n) is 7.00. The topological polar surface area (TPSA) is 118 Å². The molecule has 1 aliphatic heterocycles. The summed E-state index contributed by atoms with van der Waals surface area (Å²) in [7, 11) is 4.07. The molecule has 2 aliphatic rings. The van der Waals surface area contributed by atoms with E-state index in [1.54, 1.807) is 12.5 Å². The van der Waals surface area contributed by atoms with Crippen LogP contribution < -0.4 is 16.1 Å². The van der Waals surface area contributed by atoms with Crippen LogP contribution in [0.25, 0.3) is 10.9 Å². The number of carboxylic acids is 1. The van der Waals surface area contributed by atoms with Crippen molar-refractivity contribution in [3.8, 4) is 0 Å². The smallest absolute Gasteiger partial charge is 0.341 e. The third-order valence-corrected chi connectivity index (χ3v) is 7.00. The van der Waals surface area contributed by atoms with E-state index in [0.29, 0.717) is 22.9 Å². The Morgan fingerprint density at radius 3 is 2.70 bits per heavy atom. The Morgan fingerprint density at radius 1 is 1.33 bits per heavy atom. The summed E-state index contributed by atoms with van der Waals surface area (Å²) in [5.74, 6) is -0.193. The van der Waals surface area contributed by atoms with E-state index in [4.69, 9.17) is 10.2 Å². The first-order chi connectivity index (χ1) is 15.8. The van der Waals surface area contributed by atoms with Crippen molar-refractivity contribution in [3.05, 3.63) is 52.0 Å². The number of pyridine rings is 1. The largest absolute Gasteiger partial charge is 0.477 e. The molecule has 174 valence electrons. The zero-order valence-electron chi connectivity index (χ0n) is 19.1. The van der Waals surface area contributed by atoms with E-state index in [1.165, 1.54) is 6.20 Å². The molecule has 2 aromatic heterocycles. The van der Waals surface area contributed by atoms with Crippen molar-refractivity contribution in [1.82, 2.24) is 14.5 Å². The van der Waals surface area contributed by atoms with Gasteiger partial charge in [-0.15, -0.1) is 0 Å². The zero-order valence-corrected chi connectivity index (χ0v) is 19.1. The number of nitrogen functional groups attached to an aromatic ring is 1. The van der Waals surface area contributed by atoms with Crippen LogP contribution >= 0.6 is 0 Å². The van der Waals surface area contributed by atoms with Gasteiger partial charge in [0.1, 0.15) is 11.8 Å². The van der Waals surface area contributed by atoms with Crippen LogP contribution in [-0.4, -0.2) is 52.7 Å². The Balaban J connectivity index is 1.58. The number of nitrogens with zero attached hydrogens (tertiary/aromatic N) is 4. The number of hydrogen-bond acceptors (Lipinski definition) is 7. The maximum atomic E-state index is 13.0. The second-order valence-corrected chi connectivity index (χ2v) is 9.42. The van der Waals surface area contributed by atoms with Gasteiger partial charge < -0.3 is 24.7 Å². The Hall–Kier alpha value is -3.33. The van der Waals surface area contributed by atoms with Crippen molar-refractivity contribution < 1.29 is 14.3 Å². The summed E-state index contributed by atoms with van der Waals surface area (Å²) in [6, 6.07) is 2.10. The molecule has 1 aromatic carbocycles. The highest BCUT2D eigenvalue weighted by atomic mass is 16.4. The van der Waals surface area contributed by atoms with Crippen LogP contribution in [-0.2, 0) is 0 Å². The summed E-state index contributed by atoms with van der Waals surface area (Å²) in [6.07, 6.45) is 7.68. The lowest BCUT2D eigenvalue weighted by Crippen LogP contribution is -2.30. The Bertz CT molecular complexity index is 1280. The van der Waals surface area contributed by atoms with Crippen molar-refractivity contribution in [3.63, 3.8) is 0 Å². The predicted molar refractivity (Wildman–Crippen MR) is 126 cm³/mol. The number of nitrogens with two attached hydrogens (primary N) is 1. The molecule has 2 atom stereocenters.